The Hall–Kier alpha value is -1.27. The molecule has 0 amide bonds. The van der Waals surface area contributed by atoms with Gasteiger partial charge in [-0.3, -0.25) is 0 Å². The molecule has 2 rings (SSSR count). The van der Waals surface area contributed by atoms with Crippen LogP contribution in [-0.4, -0.2) is 29.0 Å². The smallest absolute Gasteiger partial charge is 0.201 e. The van der Waals surface area contributed by atoms with Crippen molar-refractivity contribution in [1.82, 2.24) is 9.55 Å². The highest BCUT2D eigenvalue weighted by molar-refractivity contribution is 7.92. The molecule has 104 valence electrons. The highest BCUT2D eigenvalue weighted by Crippen LogP contribution is 2.28. The van der Waals surface area contributed by atoms with Gasteiger partial charge in [0.15, 0.2) is 9.84 Å². The van der Waals surface area contributed by atoms with Gasteiger partial charge in [-0.2, -0.15) is 0 Å². The summed E-state index contributed by atoms with van der Waals surface area (Å²) in [5.41, 5.74) is 7.20. The topological polar surface area (TPSA) is 78.0 Å². The zero-order chi connectivity index (χ0) is 14.4. The van der Waals surface area contributed by atoms with Crippen molar-refractivity contribution in [3.8, 4) is 0 Å². The Kier molecular flexibility index (Phi) is 3.26. The van der Waals surface area contributed by atoms with Crippen molar-refractivity contribution < 1.29 is 8.42 Å². The second-order valence-electron chi connectivity index (χ2n) is 5.20. The molecule has 19 heavy (non-hydrogen) atoms. The van der Waals surface area contributed by atoms with Gasteiger partial charge in [0.1, 0.15) is 0 Å². The number of fused-ring (bicyclic) bond motifs is 1. The maximum absolute atomic E-state index is 11.8. The lowest BCUT2D eigenvalue weighted by molar-refractivity contribution is 0.511. The molecule has 1 aromatic carbocycles. The van der Waals surface area contributed by atoms with E-state index in [0.717, 1.165) is 0 Å². The molecule has 7 heteroatoms. The average Bonchev–Trinajstić information content (AvgIpc) is 2.54. The summed E-state index contributed by atoms with van der Waals surface area (Å²) in [6.07, 6.45) is 1.21. The zero-order valence-electron chi connectivity index (χ0n) is 11.0. The van der Waals surface area contributed by atoms with Crippen LogP contribution in [0.3, 0.4) is 0 Å². The van der Waals surface area contributed by atoms with E-state index in [1.807, 2.05) is 0 Å². The first kappa shape index (κ1) is 14.1. The van der Waals surface area contributed by atoms with Gasteiger partial charge in [-0.1, -0.05) is 17.7 Å². The fraction of sp³-hybridized carbons (Fsp3) is 0.417. The van der Waals surface area contributed by atoms with Crippen LogP contribution in [-0.2, 0) is 16.4 Å². The van der Waals surface area contributed by atoms with Crippen LogP contribution in [0, 0.1) is 0 Å². The maximum Gasteiger partial charge on any atom is 0.201 e. The minimum atomic E-state index is -3.22. The number of hydrogen-bond donors (Lipinski definition) is 1. The first-order valence-corrected chi connectivity index (χ1v) is 8.00. The molecule has 0 radical (unpaired) electrons. The first-order valence-electron chi connectivity index (χ1n) is 5.73. The number of anilines is 1. The normalized spacial score (nSPS) is 13.1. The number of nitrogen functional groups attached to an aromatic ring is 1. The Morgan fingerprint density at radius 3 is 2.63 bits per heavy atom. The van der Waals surface area contributed by atoms with Gasteiger partial charge in [0.2, 0.25) is 5.95 Å². The van der Waals surface area contributed by atoms with E-state index in [2.05, 4.69) is 4.98 Å². The number of nitrogens with two attached hydrogens (primary N) is 1. The Bertz CT molecular complexity index is 735. The molecule has 0 fully saturated rings. The molecular weight excluding hydrogens is 286 g/mol. The Balaban J connectivity index is 2.61. The van der Waals surface area contributed by atoms with Crippen LogP contribution in [0.4, 0.5) is 5.95 Å². The molecule has 0 saturated carbocycles. The lowest BCUT2D eigenvalue weighted by Gasteiger charge is -2.24. The summed E-state index contributed by atoms with van der Waals surface area (Å²) in [6.45, 7) is 3.52. The van der Waals surface area contributed by atoms with Gasteiger partial charge in [0, 0.05) is 12.8 Å². The molecule has 0 saturated heterocycles. The number of halogens is 1. The molecule has 0 unspecified atom stereocenters. The van der Waals surface area contributed by atoms with Crippen molar-refractivity contribution in [3.63, 3.8) is 0 Å². The van der Waals surface area contributed by atoms with Crippen molar-refractivity contribution in [1.29, 1.82) is 0 Å². The average molecular weight is 302 g/mol. The number of sulfone groups is 1. The summed E-state index contributed by atoms with van der Waals surface area (Å²) in [7, 11) is -3.22. The Morgan fingerprint density at radius 1 is 1.42 bits per heavy atom. The molecule has 0 aliphatic rings. The maximum atomic E-state index is 11.8. The highest BCUT2D eigenvalue weighted by Gasteiger charge is 2.32. The van der Waals surface area contributed by atoms with Crippen molar-refractivity contribution in [2.45, 2.75) is 25.1 Å². The van der Waals surface area contributed by atoms with E-state index in [9.17, 15) is 8.42 Å². The second-order valence-corrected chi connectivity index (χ2v) is 8.25. The van der Waals surface area contributed by atoms with Gasteiger partial charge < -0.3 is 10.3 Å². The summed E-state index contributed by atoms with van der Waals surface area (Å²) in [6, 6.07) is 5.31. The third kappa shape index (κ3) is 2.42. The lowest BCUT2D eigenvalue weighted by Crippen LogP contribution is -2.36. The molecule has 5 nitrogen and oxygen atoms in total. The SMILES string of the molecule is CC(C)(Cn1c(N)nc2cccc(Cl)c21)S(C)(=O)=O. The Labute approximate surface area is 117 Å². The molecule has 0 bridgehead atoms. The summed E-state index contributed by atoms with van der Waals surface area (Å²) in [5.74, 6) is 0.264. The van der Waals surface area contributed by atoms with Crippen molar-refractivity contribution in [3.05, 3.63) is 23.2 Å². The monoisotopic (exact) mass is 301 g/mol. The molecule has 0 atom stereocenters. The van der Waals surface area contributed by atoms with Gasteiger partial charge in [-0.25, -0.2) is 13.4 Å². The summed E-state index contributed by atoms with van der Waals surface area (Å²) < 4.78 is 24.3. The molecular formula is C12H16ClN3O2S. The highest BCUT2D eigenvalue weighted by atomic mass is 35.5. The van der Waals surface area contributed by atoms with Crippen molar-refractivity contribution >= 4 is 38.4 Å². The van der Waals surface area contributed by atoms with Crippen LogP contribution in [0.1, 0.15) is 13.8 Å². The van der Waals surface area contributed by atoms with E-state index in [4.69, 9.17) is 17.3 Å². The van der Waals surface area contributed by atoms with Crippen molar-refractivity contribution in [2.24, 2.45) is 0 Å². The van der Waals surface area contributed by atoms with E-state index in [-0.39, 0.29) is 12.5 Å². The predicted octanol–water partition coefficient (Wildman–Crippen LogP) is 2.10. The van der Waals surface area contributed by atoms with Gasteiger partial charge in [-0.05, 0) is 26.0 Å². The number of aromatic nitrogens is 2. The number of imidazole rings is 1. The van der Waals surface area contributed by atoms with E-state index in [0.29, 0.717) is 16.1 Å². The predicted molar refractivity (Wildman–Crippen MR) is 78.1 cm³/mol. The third-order valence-corrected chi connectivity index (χ3v) is 5.73. The van der Waals surface area contributed by atoms with E-state index >= 15 is 0 Å². The molecule has 2 aromatic rings. The fourth-order valence-electron chi connectivity index (χ4n) is 1.82. The van der Waals surface area contributed by atoms with Crippen LogP contribution in [0.25, 0.3) is 11.0 Å². The summed E-state index contributed by atoms with van der Waals surface area (Å²) in [5, 5.41) is 0.506. The van der Waals surface area contributed by atoms with Gasteiger partial charge in [0.05, 0.1) is 20.8 Å². The van der Waals surface area contributed by atoms with Crippen LogP contribution in [0.2, 0.25) is 5.02 Å². The van der Waals surface area contributed by atoms with Crippen LogP contribution >= 0.6 is 11.6 Å². The van der Waals surface area contributed by atoms with Crippen LogP contribution in [0.5, 0.6) is 0 Å². The minimum Gasteiger partial charge on any atom is -0.369 e. The molecule has 2 N–H and O–H groups in total. The van der Waals surface area contributed by atoms with E-state index < -0.39 is 14.6 Å². The number of para-hydroxylation sites is 1. The summed E-state index contributed by atoms with van der Waals surface area (Å²) >= 11 is 6.15. The number of rotatable bonds is 3. The fourth-order valence-corrected chi connectivity index (χ4v) is 2.45. The molecule has 0 aliphatic heterocycles. The minimum absolute atomic E-state index is 0.206. The standard InChI is InChI=1S/C12H16ClN3O2S/c1-12(2,19(3,17)18)7-16-10-8(13)5-4-6-9(10)15-11(16)14/h4-6H,7H2,1-3H3,(H2,14,15). The zero-order valence-corrected chi connectivity index (χ0v) is 12.6. The van der Waals surface area contributed by atoms with Crippen molar-refractivity contribution in [2.75, 3.05) is 12.0 Å². The van der Waals surface area contributed by atoms with E-state index in [1.165, 1.54) is 6.26 Å². The molecule has 1 heterocycles. The van der Waals surface area contributed by atoms with Crippen LogP contribution in [0.15, 0.2) is 18.2 Å². The van der Waals surface area contributed by atoms with Gasteiger partial charge in [-0.15, -0.1) is 0 Å². The van der Waals surface area contributed by atoms with E-state index in [1.54, 1.807) is 36.6 Å². The summed E-state index contributed by atoms with van der Waals surface area (Å²) in [4.78, 5) is 4.20. The molecule has 1 aromatic heterocycles. The third-order valence-electron chi connectivity index (χ3n) is 3.29. The van der Waals surface area contributed by atoms with Gasteiger partial charge in [0.25, 0.3) is 0 Å². The molecule has 0 aliphatic carbocycles. The number of hydrogen-bond acceptors (Lipinski definition) is 4. The quantitative estimate of drug-likeness (QED) is 0.941. The largest absolute Gasteiger partial charge is 0.369 e. The van der Waals surface area contributed by atoms with Gasteiger partial charge >= 0.3 is 0 Å². The molecule has 0 spiro atoms. The lowest BCUT2D eigenvalue weighted by atomic mass is 10.2. The number of nitrogens with zero attached hydrogens (tertiary/aromatic N) is 2. The Morgan fingerprint density at radius 2 is 2.05 bits per heavy atom. The second kappa shape index (κ2) is 4.38. The first-order chi connectivity index (χ1) is 8.63. The van der Waals surface area contributed by atoms with Crippen LogP contribution < -0.4 is 5.73 Å². The number of benzene rings is 1.